The minimum absolute atomic E-state index is 0.0416. The van der Waals surface area contributed by atoms with Gasteiger partial charge in [0.15, 0.2) is 11.6 Å². The van der Waals surface area contributed by atoms with Crippen LogP contribution in [0.4, 0.5) is 20.2 Å². The van der Waals surface area contributed by atoms with Crippen molar-refractivity contribution >= 4 is 17.3 Å². The van der Waals surface area contributed by atoms with Crippen molar-refractivity contribution in [2.45, 2.75) is 46.0 Å². The van der Waals surface area contributed by atoms with Gasteiger partial charge in [-0.05, 0) is 37.3 Å². The number of halogens is 2. The molecule has 0 aromatic heterocycles. The minimum atomic E-state index is -1.10. The largest absolute Gasteiger partial charge is 0.397 e. The van der Waals surface area contributed by atoms with E-state index in [0.717, 1.165) is 38.2 Å². The van der Waals surface area contributed by atoms with E-state index in [1.54, 1.807) is 0 Å². The van der Waals surface area contributed by atoms with Crippen LogP contribution >= 0.6 is 0 Å². The number of benzene rings is 1. The van der Waals surface area contributed by atoms with Crippen LogP contribution in [0, 0.1) is 23.0 Å². The van der Waals surface area contributed by atoms with E-state index >= 15 is 0 Å². The number of rotatable bonds is 4. The summed E-state index contributed by atoms with van der Waals surface area (Å²) in [5.41, 5.74) is 4.97. The Bertz CT molecular complexity index is 537. The Morgan fingerprint density at radius 1 is 1.33 bits per heavy atom. The molecule has 0 bridgehead atoms. The summed E-state index contributed by atoms with van der Waals surface area (Å²) in [4.78, 5) is 12.6. The summed E-state index contributed by atoms with van der Waals surface area (Å²) < 4.78 is 27.1. The third-order valence-corrected chi connectivity index (χ3v) is 4.21. The summed E-state index contributed by atoms with van der Waals surface area (Å²) in [7, 11) is 0. The summed E-state index contributed by atoms with van der Waals surface area (Å²) in [6.07, 6.45) is 4.29. The first-order valence-electron chi connectivity index (χ1n) is 7.41. The average Bonchev–Trinajstić information content (AvgIpc) is 2.88. The third kappa shape index (κ3) is 3.17. The minimum Gasteiger partial charge on any atom is -0.397 e. The van der Waals surface area contributed by atoms with Crippen molar-refractivity contribution in [3.8, 4) is 0 Å². The maximum absolute atomic E-state index is 13.8. The third-order valence-electron chi connectivity index (χ3n) is 4.21. The Morgan fingerprint density at radius 3 is 2.52 bits per heavy atom. The van der Waals surface area contributed by atoms with Gasteiger partial charge in [0.1, 0.15) is 5.69 Å². The van der Waals surface area contributed by atoms with Crippen molar-refractivity contribution in [1.29, 1.82) is 0 Å². The Hall–Kier alpha value is -1.65. The molecule has 1 aromatic carbocycles. The fourth-order valence-electron chi connectivity index (χ4n) is 3.30. The summed E-state index contributed by atoms with van der Waals surface area (Å²) in [5, 5.41) is 2.53. The predicted octanol–water partition coefficient (Wildman–Crippen LogP) is 4.09. The van der Waals surface area contributed by atoms with E-state index < -0.39 is 17.0 Å². The van der Waals surface area contributed by atoms with Crippen molar-refractivity contribution < 1.29 is 13.6 Å². The average molecular weight is 296 g/mol. The normalized spacial score (nSPS) is 17.2. The first kappa shape index (κ1) is 15.7. The first-order valence-corrected chi connectivity index (χ1v) is 7.41. The molecule has 0 atom stereocenters. The monoisotopic (exact) mass is 296 g/mol. The lowest BCUT2D eigenvalue weighted by Crippen LogP contribution is -2.35. The molecule has 5 heteroatoms. The van der Waals surface area contributed by atoms with Crippen LogP contribution in [0.15, 0.2) is 12.1 Å². The number of anilines is 2. The number of hydrogen-bond donors (Lipinski definition) is 2. The summed E-state index contributed by atoms with van der Waals surface area (Å²) in [6, 6.07) is 2.22. The van der Waals surface area contributed by atoms with Crippen molar-refractivity contribution in [2.75, 3.05) is 11.1 Å². The molecule has 1 aromatic rings. The molecule has 1 fully saturated rings. The fourth-order valence-corrected chi connectivity index (χ4v) is 3.30. The van der Waals surface area contributed by atoms with E-state index in [-0.39, 0.29) is 17.3 Å². The van der Waals surface area contributed by atoms with Crippen molar-refractivity contribution in [3.63, 3.8) is 0 Å². The number of nitrogens with one attached hydrogen (secondary N) is 1. The highest BCUT2D eigenvalue weighted by Gasteiger charge is 2.41. The molecule has 0 radical (unpaired) electrons. The number of amides is 1. The standard InChI is InChI=1S/C16H22F2N2O/c1-10(2)9-16(7-3-4-8-16)15(21)20-14-12(19)6-5-11(17)13(14)18/h5-6,10H,3-4,7-9,19H2,1-2H3,(H,20,21). The van der Waals surface area contributed by atoms with Gasteiger partial charge in [-0.15, -0.1) is 0 Å². The highest BCUT2D eigenvalue weighted by molar-refractivity contribution is 5.98. The molecule has 0 unspecified atom stereocenters. The molecule has 1 saturated carbocycles. The molecule has 3 N–H and O–H groups in total. The quantitative estimate of drug-likeness (QED) is 0.822. The zero-order valence-electron chi connectivity index (χ0n) is 12.5. The van der Waals surface area contributed by atoms with Crippen LogP contribution in [0.5, 0.6) is 0 Å². The van der Waals surface area contributed by atoms with Crippen molar-refractivity contribution in [1.82, 2.24) is 0 Å². The first-order chi connectivity index (χ1) is 9.85. The molecule has 2 rings (SSSR count). The van der Waals surface area contributed by atoms with Gasteiger partial charge in [-0.3, -0.25) is 4.79 Å². The number of nitrogens with two attached hydrogens (primary N) is 1. The van der Waals surface area contributed by atoms with E-state index in [2.05, 4.69) is 19.2 Å². The van der Waals surface area contributed by atoms with Gasteiger partial charge in [-0.2, -0.15) is 0 Å². The van der Waals surface area contributed by atoms with Crippen LogP contribution in [-0.4, -0.2) is 5.91 Å². The van der Waals surface area contributed by atoms with Gasteiger partial charge in [0.2, 0.25) is 5.91 Å². The van der Waals surface area contributed by atoms with Gasteiger partial charge < -0.3 is 11.1 Å². The highest BCUT2D eigenvalue weighted by Crippen LogP contribution is 2.44. The maximum Gasteiger partial charge on any atom is 0.230 e. The van der Waals surface area contributed by atoms with Crippen molar-refractivity contribution in [2.24, 2.45) is 11.3 Å². The molecular formula is C16H22F2N2O. The molecule has 0 saturated heterocycles. The molecule has 0 spiro atoms. The van der Waals surface area contributed by atoms with Gasteiger partial charge in [0.05, 0.1) is 5.69 Å². The van der Waals surface area contributed by atoms with Crippen LogP contribution in [0.2, 0.25) is 0 Å². The van der Waals surface area contributed by atoms with Crippen LogP contribution in [0.3, 0.4) is 0 Å². The lowest BCUT2D eigenvalue weighted by molar-refractivity contribution is -0.126. The topological polar surface area (TPSA) is 55.1 Å². The van der Waals surface area contributed by atoms with E-state index in [1.807, 2.05) is 0 Å². The summed E-state index contributed by atoms with van der Waals surface area (Å²) in [5.74, 6) is -1.99. The smallest absolute Gasteiger partial charge is 0.230 e. The molecule has 1 aliphatic carbocycles. The number of hydrogen-bond acceptors (Lipinski definition) is 2. The van der Waals surface area contributed by atoms with Gasteiger partial charge >= 0.3 is 0 Å². The van der Waals surface area contributed by atoms with Crippen LogP contribution in [-0.2, 0) is 4.79 Å². The predicted molar refractivity (Wildman–Crippen MR) is 79.8 cm³/mol. The lowest BCUT2D eigenvalue weighted by atomic mass is 9.77. The molecule has 0 aliphatic heterocycles. The van der Waals surface area contributed by atoms with Gasteiger partial charge in [0.25, 0.3) is 0 Å². The molecule has 0 heterocycles. The highest BCUT2D eigenvalue weighted by atomic mass is 19.2. The zero-order chi connectivity index (χ0) is 15.6. The second-order valence-corrected chi connectivity index (χ2v) is 6.37. The van der Waals surface area contributed by atoms with Crippen LogP contribution in [0.1, 0.15) is 46.0 Å². The van der Waals surface area contributed by atoms with Gasteiger partial charge in [-0.1, -0.05) is 26.7 Å². The molecular weight excluding hydrogens is 274 g/mol. The number of nitrogen functional groups attached to an aromatic ring is 1. The fraction of sp³-hybridized carbons (Fsp3) is 0.562. The summed E-state index contributed by atoms with van der Waals surface area (Å²) >= 11 is 0. The number of carbonyl (C=O) groups is 1. The molecule has 1 aliphatic rings. The van der Waals surface area contributed by atoms with E-state index in [1.165, 1.54) is 6.07 Å². The van der Waals surface area contributed by atoms with Crippen LogP contribution < -0.4 is 11.1 Å². The number of carbonyl (C=O) groups excluding carboxylic acids is 1. The second-order valence-electron chi connectivity index (χ2n) is 6.37. The van der Waals surface area contributed by atoms with E-state index in [4.69, 9.17) is 5.73 Å². The second kappa shape index (κ2) is 6.00. The molecule has 21 heavy (non-hydrogen) atoms. The Balaban J connectivity index is 2.26. The SMILES string of the molecule is CC(C)CC1(C(=O)Nc2c(N)ccc(F)c2F)CCCC1. The Kier molecular flexibility index (Phi) is 4.49. The zero-order valence-corrected chi connectivity index (χ0v) is 12.5. The molecule has 3 nitrogen and oxygen atoms in total. The van der Waals surface area contributed by atoms with E-state index in [9.17, 15) is 13.6 Å². The van der Waals surface area contributed by atoms with E-state index in [0.29, 0.717) is 5.92 Å². The van der Waals surface area contributed by atoms with Gasteiger partial charge in [-0.25, -0.2) is 8.78 Å². The van der Waals surface area contributed by atoms with Crippen molar-refractivity contribution in [3.05, 3.63) is 23.8 Å². The maximum atomic E-state index is 13.8. The Morgan fingerprint density at radius 2 is 1.95 bits per heavy atom. The van der Waals surface area contributed by atoms with Gasteiger partial charge in [0, 0.05) is 5.41 Å². The molecule has 1 amide bonds. The summed E-state index contributed by atoms with van der Waals surface area (Å²) in [6.45, 7) is 4.12. The molecule has 116 valence electrons. The van der Waals surface area contributed by atoms with Crippen LogP contribution in [0.25, 0.3) is 0 Å². The Labute approximate surface area is 123 Å². The lowest BCUT2D eigenvalue weighted by Gasteiger charge is -2.29.